The third-order valence-electron chi connectivity index (χ3n) is 4.01. The maximum Gasteiger partial charge on any atom is 0.281 e. The second kappa shape index (κ2) is 8.43. The molecule has 1 rings (SSSR count). The molecule has 126 valence electrons. The van der Waals surface area contributed by atoms with Gasteiger partial charge in [-0.3, -0.25) is 0 Å². The Bertz CT molecular complexity index is 398. The molecule has 0 aromatic carbocycles. The molecule has 1 N–H and O–H groups in total. The van der Waals surface area contributed by atoms with Crippen molar-refractivity contribution in [2.24, 2.45) is 0 Å². The van der Waals surface area contributed by atoms with Gasteiger partial charge in [-0.25, -0.2) is 0 Å². The van der Waals surface area contributed by atoms with Gasteiger partial charge in [-0.1, -0.05) is 13.8 Å². The highest BCUT2D eigenvalue weighted by molar-refractivity contribution is 7.86. The quantitative estimate of drug-likeness (QED) is 0.665. The van der Waals surface area contributed by atoms with Gasteiger partial charge in [0.05, 0.1) is 0 Å². The summed E-state index contributed by atoms with van der Waals surface area (Å²) >= 11 is 0. The van der Waals surface area contributed by atoms with Crippen LogP contribution in [0.25, 0.3) is 0 Å². The fourth-order valence-corrected chi connectivity index (χ4v) is 4.03. The Morgan fingerprint density at radius 3 is 2.52 bits per heavy atom. The van der Waals surface area contributed by atoms with E-state index in [9.17, 15) is 8.42 Å². The minimum atomic E-state index is -3.32. The van der Waals surface area contributed by atoms with Crippen LogP contribution in [0.2, 0.25) is 0 Å². The van der Waals surface area contributed by atoms with Crippen LogP contribution in [0, 0.1) is 0 Å². The maximum absolute atomic E-state index is 12.6. The zero-order chi connectivity index (χ0) is 16.0. The normalized spacial score (nSPS) is 21.6. The molecule has 1 heterocycles. The molecule has 0 amide bonds. The van der Waals surface area contributed by atoms with Gasteiger partial charge in [-0.05, 0) is 39.9 Å². The molecule has 1 aliphatic heterocycles. The average Bonchev–Trinajstić information content (AvgIpc) is 2.43. The molecule has 1 aliphatic rings. The van der Waals surface area contributed by atoms with Gasteiger partial charge < -0.3 is 10.2 Å². The summed E-state index contributed by atoms with van der Waals surface area (Å²) in [6, 6.07) is 0.763. The van der Waals surface area contributed by atoms with Crippen LogP contribution in [0.3, 0.4) is 0 Å². The Kier molecular flexibility index (Phi) is 7.56. The van der Waals surface area contributed by atoms with Crippen molar-refractivity contribution in [3.8, 4) is 0 Å². The number of hydrogen-bond acceptors (Lipinski definition) is 4. The van der Waals surface area contributed by atoms with Crippen molar-refractivity contribution in [1.29, 1.82) is 0 Å². The van der Waals surface area contributed by atoms with Gasteiger partial charge >= 0.3 is 0 Å². The van der Waals surface area contributed by atoms with Gasteiger partial charge in [0.25, 0.3) is 10.2 Å². The monoisotopic (exact) mass is 320 g/mol. The summed E-state index contributed by atoms with van der Waals surface area (Å²) in [7, 11) is 2.40. The van der Waals surface area contributed by atoms with Gasteiger partial charge in [0.2, 0.25) is 0 Å². The SMILES string of the molecule is CC(C)NCCCN(C)S(=O)(=O)N1CCCC(N(C)C)C1. The standard InChI is InChI=1S/C14H32N4O2S/c1-13(2)15-9-7-10-17(5)21(19,20)18-11-6-8-14(12-18)16(3)4/h13-15H,6-12H2,1-5H3. The van der Waals surface area contributed by atoms with Gasteiger partial charge in [0.1, 0.15) is 0 Å². The first-order valence-electron chi connectivity index (χ1n) is 7.86. The summed E-state index contributed by atoms with van der Waals surface area (Å²) in [4.78, 5) is 2.12. The summed E-state index contributed by atoms with van der Waals surface area (Å²) in [6.45, 7) is 6.83. The molecule has 0 aliphatic carbocycles. The molecule has 21 heavy (non-hydrogen) atoms. The molecule has 6 nitrogen and oxygen atoms in total. The molecule has 1 atom stereocenters. The first-order valence-corrected chi connectivity index (χ1v) is 9.26. The Hall–Kier alpha value is -0.210. The smallest absolute Gasteiger partial charge is 0.281 e. The Labute approximate surface area is 130 Å². The Balaban J connectivity index is 2.50. The van der Waals surface area contributed by atoms with Crippen molar-refractivity contribution < 1.29 is 8.42 Å². The molecule has 0 bridgehead atoms. The van der Waals surface area contributed by atoms with E-state index in [4.69, 9.17) is 0 Å². The zero-order valence-corrected chi connectivity index (χ0v) is 15.0. The van der Waals surface area contributed by atoms with E-state index in [1.807, 2.05) is 14.1 Å². The number of nitrogens with zero attached hydrogens (tertiary/aromatic N) is 3. The van der Waals surface area contributed by atoms with E-state index in [-0.39, 0.29) is 0 Å². The van der Waals surface area contributed by atoms with E-state index in [0.29, 0.717) is 31.7 Å². The van der Waals surface area contributed by atoms with Gasteiger partial charge in [-0.2, -0.15) is 17.0 Å². The molecular weight excluding hydrogens is 288 g/mol. The summed E-state index contributed by atoms with van der Waals surface area (Å²) in [5, 5.41) is 3.31. The van der Waals surface area contributed by atoms with Crippen LogP contribution in [-0.2, 0) is 10.2 Å². The van der Waals surface area contributed by atoms with Gasteiger partial charge in [0, 0.05) is 38.8 Å². The van der Waals surface area contributed by atoms with E-state index in [1.54, 1.807) is 11.4 Å². The van der Waals surface area contributed by atoms with E-state index < -0.39 is 10.2 Å². The molecule has 1 unspecified atom stereocenters. The van der Waals surface area contributed by atoms with E-state index in [2.05, 4.69) is 24.1 Å². The number of nitrogens with one attached hydrogen (secondary N) is 1. The molecule has 0 saturated carbocycles. The number of piperidine rings is 1. The lowest BCUT2D eigenvalue weighted by molar-refractivity contribution is 0.184. The van der Waals surface area contributed by atoms with Crippen molar-refractivity contribution in [2.75, 3.05) is 47.3 Å². The molecular formula is C14H32N4O2S. The highest BCUT2D eigenvalue weighted by Crippen LogP contribution is 2.18. The lowest BCUT2D eigenvalue weighted by Gasteiger charge is -2.37. The van der Waals surface area contributed by atoms with Crippen molar-refractivity contribution in [3.63, 3.8) is 0 Å². The molecule has 7 heteroatoms. The van der Waals surface area contributed by atoms with Crippen LogP contribution < -0.4 is 5.32 Å². The molecule has 0 spiro atoms. The third-order valence-corrected chi connectivity index (χ3v) is 5.97. The predicted molar refractivity (Wildman–Crippen MR) is 87.6 cm³/mol. The van der Waals surface area contributed by atoms with Crippen LogP contribution in [0.15, 0.2) is 0 Å². The second-order valence-corrected chi connectivity index (χ2v) is 8.44. The maximum atomic E-state index is 12.6. The first-order chi connectivity index (χ1) is 9.75. The molecule has 1 saturated heterocycles. The van der Waals surface area contributed by atoms with E-state index >= 15 is 0 Å². The Morgan fingerprint density at radius 2 is 1.95 bits per heavy atom. The second-order valence-electron chi connectivity index (χ2n) is 6.41. The number of likely N-dealkylation sites (N-methyl/N-ethyl adjacent to an activating group) is 1. The van der Waals surface area contributed by atoms with Crippen LogP contribution in [0.5, 0.6) is 0 Å². The summed E-state index contributed by atoms with van der Waals surface area (Å²) in [6.07, 6.45) is 2.84. The minimum Gasteiger partial charge on any atom is -0.314 e. The van der Waals surface area contributed by atoms with Crippen LogP contribution in [0.1, 0.15) is 33.1 Å². The van der Waals surface area contributed by atoms with Gasteiger partial charge in [0.15, 0.2) is 0 Å². The molecule has 0 aromatic rings. The lowest BCUT2D eigenvalue weighted by Crippen LogP contribution is -2.51. The summed E-state index contributed by atoms with van der Waals surface area (Å²) in [5.74, 6) is 0. The van der Waals surface area contributed by atoms with Gasteiger partial charge in [-0.15, -0.1) is 0 Å². The highest BCUT2D eigenvalue weighted by Gasteiger charge is 2.32. The fraction of sp³-hybridized carbons (Fsp3) is 1.00. The minimum absolute atomic E-state index is 0.324. The molecule has 0 aromatic heterocycles. The first kappa shape index (κ1) is 18.8. The van der Waals surface area contributed by atoms with E-state index in [1.165, 1.54) is 4.31 Å². The number of rotatable bonds is 8. The Morgan fingerprint density at radius 1 is 1.29 bits per heavy atom. The largest absolute Gasteiger partial charge is 0.314 e. The van der Waals surface area contributed by atoms with Crippen molar-refractivity contribution in [3.05, 3.63) is 0 Å². The molecule has 0 radical (unpaired) electrons. The summed E-state index contributed by atoms with van der Waals surface area (Å²) < 4.78 is 28.3. The molecule has 1 fully saturated rings. The lowest BCUT2D eigenvalue weighted by atomic mass is 10.1. The van der Waals surface area contributed by atoms with Crippen molar-refractivity contribution in [2.45, 2.75) is 45.2 Å². The predicted octanol–water partition coefficient (Wildman–Crippen LogP) is 0.577. The topological polar surface area (TPSA) is 55.9 Å². The zero-order valence-electron chi connectivity index (χ0n) is 14.2. The number of hydrogen-bond donors (Lipinski definition) is 1. The summed E-state index contributed by atoms with van der Waals surface area (Å²) in [5.41, 5.74) is 0. The van der Waals surface area contributed by atoms with Crippen LogP contribution in [-0.4, -0.2) is 81.3 Å². The third kappa shape index (κ3) is 5.83. The van der Waals surface area contributed by atoms with Crippen molar-refractivity contribution in [1.82, 2.24) is 18.8 Å². The van der Waals surface area contributed by atoms with Crippen LogP contribution >= 0.6 is 0 Å². The highest BCUT2D eigenvalue weighted by atomic mass is 32.2. The average molecular weight is 321 g/mol. The van der Waals surface area contributed by atoms with Crippen molar-refractivity contribution >= 4 is 10.2 Å². The van der Waals surface area contributed by atoms with Crippen LogP contribution in [0.4, 0.5) is 0 Å². The van der Waals surface area contributed by atoms with E-state index in [0.717, 1.165) is 25.8 Å². The fourth-order valence-electron chi connectivity index (χ4n) is 2.56.